The number of pyridine rings is 1. The van der Waals surface area contributed by atoms with Crippen molar-refractivity contribution in [2.75, 3.05) is 25.1 Å². The molecular formula is C20H21N5O2S. The van der Waals surface area contributed by atoms with Crippen molar-refractivity contribution in [3.8, 4) is 11.8 Å². The fraction of sp³-hybridized carbons (Fsp3) is 0.350. The van der Waals surface area contributed by atoms with Crippen molar-refractivity contribution < 1.29 is 9.53 Å². The molecule has 3 N–H and O–H groups in total. The highest BCUT2D eigenvalue weighted by atomic mass is 32.1. The monoisotopic (exact) mass is 395 g/mol. The number of urea groups is 1. The molecule has 7 nitrogen and oxygen atoms in total. The zero-order valence-corrected chi connectivity index (χ0v) is 16.4. The molecule has 0 aliphatic heterocycles. The number of carbonyl (C=O) groups excluding carboxylic acids is 1. The van der Waals surface area contributed by atoms with Gasteiger partial charge in [0.15, 0.2) is 5.13 Å². The number of hydrogen-bond acceptors (Lipinski definition) is 5. The first kappa shape index (κ1) is 18.5. The molecule has 3 aromatic heterocycles. The molecule has 0 atom stereocenters. The largest absolute Gasteiger partial charge is 0.379 e. The van der Waals surface area contributed by atoms with E-state index in [1.165, 1.54) is 24.2 Å². The van der Waals surface area contributed by atoms with Gasteiger partial charge in [-0.3, -0.25) is 5.32 Å². The Bertz CT molecular complexity index is 1040. The average molecular weight is 395 g/mol. The Morgan fingerprint density at radius 3 is 3.18 bits per heavy atom. The molecule has 0 spiro atoms. The third-order valence-electron chi connectivity index (χ3n) is 4.32. The van der Waals surface area contributed by atoms with Crippen LogP contribution in [0.1, 0.15) is 29.0 Å². The smallest absolute Gasteiger partial charge is 0.321 e. The Kier molecular flexibility index (Phi) is 5.55. The topological polar surface area (TPSA) is 91.9 Å². The van der Waals surface area contributed by atoms with Crippen LogP contribution >= 0.6 is 11.3 Å². The van der Waals surface area contributed by atoms with Gasteiger partial charge in [0.25, 0.3) is 0 Å². The summed E-state index contributed by atoms with van der Waals surface area (Å²) in [7, 11) is 0. The van der Waals surface area contributed by atoms with Crippen LogP contribution in [0.2, 0.25) is 0 Å². The van der Waals surface area contributed by atoms with Gasteiger partial charge in [-0.15, -0.1) is 0 Å². The van der Waals surface area contributed by atoms with Crippen molar-refractivity contribution in [3.05, 3.63) is 40.7 Å². The van der Waals surface area contributed by atoms with Gasteiger partial charge in [0.05, 0.1) is 12.3 Å². The fourth-order valence-corrected chi connectivity index (χ4v) is 3.43. The minimum absolute atomic E-state index is 0.287. The van der Waals surface area contributed by atoms with Gasteiger partial charge in [-0.2, -0.15) is 0 Å². The van der Waals surface area contributed by atoms with Crippen LogP contribution < -0.4 is 10.6 Å². The summed E-state index contributed by atoms with van der Waals surface area (Å²) in [5.41, 5.74) is 2.46. The number of carbonyl (C=O) groups is 1. The van der Waals surface area contributed by atoms with E-state index in [9.17, 15) is 4.79 Å². The molecule has 2 amide bonds. The summed E-state index contributed by atoms with van der Waals surface area (Å²) >= 11 is 1.35. The van der Waals surface area contributed by atoms with Crippen LogP contribution in [0.5, 0.6) is 0 Å². The van der Waals surface area contributed by atoms with E-state index < -0.39 is 0 Å². The van der Waals surface area contributed by atoms with Gasteiger partial charge in [0.2, 0.25) is 0 Å². The maximum atomic E-state index is 12.0. The van der Waals surface area contributed by atoms with Gasteiger partial charge in [0.1, 0.15) is 10.5 Å². The minimum atomic E-state index is -0.287. The van der Waals surface area contributed by atoms with Crippen LogP contribution in [-0.4, -0.2) is 40.7 Å². The maximum absolute atomic E-state index is 12.0. The summed E-state index contributed by atoms with van der Waals surface area (Å²) in [4.78, 5) is 24.5. The summed E-state index contributed by atoms with van der Waals surface area (Å²) in [5, 5.41) is 7.07. The second-order valence-corrected chi connectivity index (χ2v) is 7.72. The second-order valence-electron chi connectivity index (χ2n) is 6.72. The molecule has 0 unspecified atom stereocenters. The molecule has 8 heteroatoms. The first-order chi connectivity index (χ1) is 13.7. The van der Waals surface area contributed by atoms with E-state index in [0.717, 1.165) is 39.7 Å². The highest BCUT2D eigenvalue weighted by Crippen LogP contribution is 2.28. The molecule has 0 bridgehead atoms. The van der Waals surface area contributed by atoms with Gasteiger partial charge in [-0.05, 0) is 43.7 Å². The highest BCUT2D eigenvalue weighted by Gasteiger charge is 2.20. The molecule has 1 aliphatic carbocycles. The first-order valence-electron chi connectivity index (χ1n) is 9.22. The lowest BCUT2D eigenvalue weighted by Gasteiger charge is -2.05. The molecule has 4 rings (SSSR count). The van der Waals surface area contributed by atoms with Crippen LogP contribution in [0.4, 0.5) is 9.93 Å². The third-order valence-corrected chi connectivity index (χ3v) is 5.31. The number of amides is 2. The van der Waals surface area contributed by atoms with E-state index >= 15 is 0 Å². The number of nitrogens with one attached hydrogen (secondary N) is 3. The lowest BCUT2D eigenvalue weighted by atomic mass is 10.2. The molecule has 144 valence electrons. The summed E-state index contributed by atoms with van der Waals surface area (Å²) in [6.45, 7) is 3.67. The van der Waals surface area contributed by atoms with E-state index in [1.807, 2.05) is 25.3 Å². The molecule has 3 heterocycles. The summed E-state index contributed by atoms with van der Waals surface area (Å²) in [6, 6.07) is 3.66. The molecule has 0 aromatic carbocycles. The van der Waals surface area contributed by atoms with Crippen LogP contribution in [-0.2, 0) is 4.74 Å². The van der Waals surface area contributed by atoms with Gasteiger partial charge >= 0.3 is 6.03 Å². The van der Waals surface area contributed by atoms with Gasteiger partial charge < -0.3 is 15.0 Å². The molecule has 28 heavy (non-hydrogen) atoms. The second kappa shape index (κ2) is 8.42. The van der Waals surface area contributed by atoms with E-state index in [-0.39, 0.29) is 6.03 Å². The van der Waals surface area contributed by atoms with E-state index in [2.05, 4.69) is 37.4 Å². The molecule has 1 saturated carbocycles. The predicted molar refractivity (Wildman–Crippen MR) is 109 cm³/mol. The zero-order valence-electron chi connectivity index (χ0n) is 15.5. The number of H-pyrrole nitrogens is 1. The number of aromatic nitrogens is 3. The number of rotatable bonds is 6. The Labute approximate surface area is 166 Å². The van der Waals surface area contributed by atoms with Crippen LogP contribution in [0.25, 0.3) is 11.0 Å². The van der Waals surface area contributed by atoms with Crippen LogP contribution in [0, 0.1) is 24.7 Å². The Balaban J connectivity index is 1.31. The fourth-order valence-electron chi connectivity index (χ4n) is 2.62. The SMILES string of the molecule is Cc1nc(NC(=O)NCCOCC2CC2)sc1C#Cc1cnc2[nH]ccc2c1. The van der Waals surface area contributed by atoms with Crippen molar-refractivity contribution in [1.82, 2.24) is 20.3 Å². The number of nitrogens with zero attached hydrogens (tertiary/aromatic N) is 2. The zero-order chi connectivity index (χ0) is 19.3. The number of hydrogen-bond donors (Lipinski definition) is 3. The normalized spacial score (nSPS) is 13.2. The van der Waals surface area contributed by atoms with Crippen LogP contribution in [0.3, 0.4) is 0 Å². The van der Waals surface area contributed by atoms with Crippen molar-refractivity contribution in [1.29, 1.82) is 0 Å². The number of aryl methyl sites for hydroxylation is 1. The number of ether oxygens (including phenoxy) is 1. The van der Waals surface area contributed by atoms with Crippen molar-refractivity contribution in [2.24, 2.45) is 5.92 Å². The van der Waals surface area contributed by atoms with Gasteiger partial charge in [-0.1, -0.05) is 17.3 Å². The lowest BCUT2D eigenvalue weighted by Crippen LogP contribution is -2.31. The van der Waals surface area contributed by atoms with Crippen molar-refractivity contribution in [3.63, 3.8) is 0 Å². The lowest BCUT2D eigenvalue weighted by molar-refractivity contribution is 0.127. The van der Waals surface area contributed by atoms with Crippen LogP contribution in [0.15, 0.2) is 24.5 Å². The maximum Gasteiger partial charge on any atom is 0.321 e. The number of anilines is 1. The Hall–Kier alpha value is -2.89. The summed E-state index contributed by atoms with van der Waals surface area (Å²) in [6.07, 6.45) is 6.12. The Morgan fingerprint density at radius 2 is 2.32 bits per heavy atom. The summed E-state index contributed by atoms with van der Waals surface area (Å²) in [5.74, 6) is 6.96. The summed E-state index contributed by atoms with van der Waals surface area (Å²) < 4.78 is 5.50. The molecule has 0 radical (unpaired) electrons. The Morgan fingerprint density at radius 1 is 1.43 bits per heavy atom. The average Bonchev–Trinajstić information content (AvgIpc) is 3.27. The predicted octanol–water partition coefficient (Wildman–Crippen LogP) is 3.28. The van der Waals surface area contributed by atoms with Crippen molar-refractivity contribution in [2.45, 2.75) is 19.8 Å². The minimum Gasteiger partial charge on any atom is -0.379 e. The van der Waals surface area contributed by atoms with E-state index in [0.29, 0.717) is 18.3 Å². The molecular weight excluding hydrogens is 374 g/mol. The number of thiazole rings is 1. The van der Waals surface area contributed by atoms with Crippen molar-refractivity contribution >= 4 is 33.5 Å². The number of aromatic amines is 1. The van der Waals surface area contributed by atoms with Gasteiger partial charge in [-0.25, -0.2) is 14.8 Å². The molecule has 1 aliphatic rings. The molecule has 1 fully saturated rings. The first-order valence-corrected chi connectivity index (χ1v) is 10.0. The molecule has 0 saturated heterocycles. The molecule has 3 aromatic rings. The standard InChI is InChI=1S/C20H21N5O2S/c1-13-17(5-4-15-10-16-6-7-21-18(16)23-11-15)28-20(24-13)25-19(26)22-8-9-27-12-14-2-3-14/h6-7,10-11,14H,2-3,8-9,12H2,1H3,(H,21,23)(H2,22,24,25,26). The quantitative estimate of drug-likeness (QED) is 0.441. The van der Waals surface area contributed by atoms with E-state index in [1.54, 1.807) is 6.20 Å². The highest BCUT2D eigenvalue weighted by molar-refractivity contribution is 7.16. The number of fused-ring (bicyclic) bond motifs is 1. The van der Waals surface area contributed by atoms with E-state index in [4.69, 9.17) is 4.74 Å². The third kappa shape index (κ3) is 4.88. The van der Waals surface area contributed by atoms with Gasteiger partial charge in [0, 0.05) is 36.5 Å².